The van der Waals surface area contributed by atoms with Gasteiger partial charge >= 0.3 is 0 Å². The Morgan fingerprint density at radius 1 is 0.885 bits per heavy atom. The van der Waals surface area contributed by atoms with Gasteiger partial charge in [0.2, 0.25) is 0 Å². The summed E-state index contributed by atoms with van der Waals surface area (Å²) in [5.74, 6) is 1.01. The van der Waals surface area contributed by atoms with Crippen LogP contribution in [0.2, 0.25) is 0 Å². The van der Waals surface area contributed by atoms with Crippen molar-refractivity contribution in [3.63, 3.8) is 0 Å². The summed E-state index contributed by atoms with van der Waals surface area (Å²) >= 11 is 0. The van der Waals surface area contributed by atoms with Gasteiger partial charge in [0.15, 0.2) is 0 Å². The lowest BCUT2D eigenvalue weighted by molar-refractivity contribution is 0.204. The molecule has 0 atom stereocenters. The summed E-state index contributed by atoms with van der Waals surface area (Å²) in [5, 5.41) is 0. The predicted molar refractivity (Wildman–Crippen MR) is 110 cm³/mol. The van der Waals surface area contributed by atoms with Crippen LogP contribution in [0.5, 0.6) is 5.75 Å². The van der Waals surface area contributed by atoms with Crippen LogP contribution in [-0.4, -0.2) is 19.2 Å². The Morgan fingerprint density at radius 2 is 1.62 bits per heavy atom. The zero-order valence-corrected chi connectivity index (χ0v) is 16.4. The second-order valence-corrected chi connectivity index (χ2v) is 8.86. The van der Waals surface area contributed by atoms with Crippen molar-refractivity contribution in [1.82, 2.24) is 0 Å². The molecule has 0 bridgehead atoms. The van der Waals surface area contributed by atoms with E-state index < -0.39 is 0 Å². The molecule has 0 aromatic heterocycles. The van der Waals surface area contributed by atoms with Gasteiger partial charge in [-0.05, 0) is 50.2 Å². The van der Waals surface area contributed by atoms with Crippen molar-refractivity contribution in [3.05, 3.63) is 48.5 Å². The number of benzene rings is 2. The lowest BCUT2D eigenvalue weighted by Gasteiger charge is -2.35. The monoisotopic (exact) mass is 349 g/mol. The van der Waals surface area contributed by atoms with Gasteiger partial charge in [-0.15, -0.1) is 0 Å². The number of para-hydroxylation sites is 1. The molecule has 0 radical (unpaired) electrons. The van der Waals surface area contributed by atoms with E-state index in [9.17, 15) is 0 Å². The minimum Gasteiger partial charge on any atom is -0.494 e. The molecule has 26 heavy (non-hydrogen) atoms. The molecule has 1 spiro atoms. The summed E-state index contributed by atoms with van der Waals surface area (Å²) in [4.78, 5) is 2.63. The van der Waals surface area contributed by atoms with E-state index in [0.717, 1.165) is 12.3 Å². The molecule has 1 saturated carbocycles. The quantitative estimate of drug-likeness (QED) is 0.644. The zero-order chi connectivity index (χ0) is 18.2. The highest BCUT2D eigenvalue weighted by atomic mass is 16.5. The molecular formula is C24H31NO. The Bertz CT molecular complexity index is 759. The van der Waals surface area contributed by atoms with E-state index in [4.69, 9.17) is 4.74 Å². The summed E-state index contributed by atoms with van der Waals surface area (Å²) in [7, 11) is 1.81. The Kier molecular flexibility index (Phi) is 4.46. The molecule has 4 rings (SSSR count). The fourth-order valence-electron chi connectivity index (χ4n) is 5.46. The van der Waals surface area contributed by atoms with Crippen LogP contribution in [0, 0.1) is 5.41 Å². The molecule has 2 nitrogen and oxygen atoms in total. The number of rotatable bonds is 3. The molecule has 0 unspecified atom stereocenters. The van der Waals surface area contributed by atoms with Gasteiger partial charge in [-0.2, -0.15) is 0 Å². The largest absolute Gasteiger partial charge is 0.494 e. The SMILES string of the molecule is COc1c(-c2ccccc2)cccc1N1CC2(CCCCC2)CC1(C)C. The first kappa shape index (κ1) is 17.5. The fraction of sp³-hybridized carbons (Fsp3) is 0.500. The molecule has 2 aliphatic rings. The molecule has 2 heteroatoms. The molecular weight excluding hydrogens is 318 g/mol. The summed E-state index contributed by atoms with van der Waals surface area (Å²) in [6.07, 6.45) is 8.26. The van der Waals surface area contributed by atoms with Crippen molar-refractivity contribution in [2.45, 2.75) is 57.9 Å². The highest BCUT2D eigenvalue weighted by Gasteiger charge is 2.49. The van der Waals surface area contributed by atoms with E-state index in [2.05, 4.69) is 67.3 Å². The first-order valence-electron chi connectivity index (χ1n) is 10.0. The summed E-state index contributed by atoms with van der Waals surface area (Å²) in [6.45, 7) is 5.98. The van der Waals surface area contributed by atoms with Crippen LogP contribution < -0.4 is 9.64 Å². The lowest BCUT2D eigenvalue weighted by Crippen LogP contribution is -2.38. The second-order valence-electron chi connectivity index (χ2n) is 8.86. The van der Waals surface area contributed by atoms with Crippen LogP contribution in [0.3, 0.4) is 0 Å². The highest BCUT2D eigenvalue weighted by Crippen LogP contribution is 2.53. The maximum Gasteiger partial charge on any atom is 0.149 e. The third kappa shape index (κ3) is 3.00. The van der Waals surface area contributed by atoms with Gasteiger partial charge in [-0.3, -0.25) is 0 Å². The standard InChI is InChI=1S/C24H31NO/c1-23(2)17-24(15-8-5-9-16-24)18-25(23)21-14-10-13-20(22(21)26-3)19-11-6-4-7-12-19/h4,6-7,10-14H,5,8-9,15-18H2,1-3H3. The molecule has 2 aromatic rings. The van der Waals surface area contributed by atoms with Gasteiger partial charge in [0.25, 0.3) is 0 Å². The van der Waals surface area contributed by atoms with Gasteiger partial charge in [0.1, 0.15) is 5.75 Å². The molecule has 1 aliphatic carbocycles. The van der Waals surface area contributed by atoms with Gasteiger partial charge in [-0.1, -0.05) is 61.7 Å². The van der Waals surface area contributed by atoms with Gasteiger partial charge < -0.3 is 9.64 Å². The van der Waals surface area contributed by atoms with E-state index in [0.29, 0.717) is 5.41 Å². The van der Waals surface area contributed by atoms with E-state index >= 15 is 0 Å². The van der Waals surface area contributed by atoms with Crippen molar-refractivity contribution in [1.29, 1.82) is 0 Å². The molecule has 2 fully saturated rings. The minimum atomic E-state index is 0.167. The van der Waals surface area contributed by atoms with Gasteiger partial charge in [-0.25, -0.2) is 0 Å². The highest BCUT2D eigenvalue weighted by molar-refractivity contribution is 5.79. The molecule has 2 aromatic carbocycles. The Labute approximate surface area is 158 Å². The summed E-state index contributed by atoms with van der Waals surface area (Å²) in [5.41, 5.74) is 4.32. The number of anilines is 1. The number of ether oxygens (including phenoxy) is 1. The molecule has 1 saturated heterocycles. The Hall–Kier alpha value is -1.96. The van der Waals surface area contributed by atoms with Crippen LogP contribution >= 0.6 is 0 Å². The number of hydrogen-bond acceptors (Lipinski definition) is 2. The molecule has 138 valence electrons. The Balaban J connectivity index is 1.75. The fourth-order valence-corrected chi connectivity index (χ4v) is 5.46. The number of nitrogens with zero attached hydrogens (tertiary/aromatic N) is 1. The third-order valence-corrected chi connectivity index (χ3v) is 6.52. The van der Waals surface area contributed by atoms with E-state index in [1.165, 1.54) is 55.3 Å². The topological polar surface area (TPSA) is 12.5 Å². The van der Waals surface area contributed by atoms with Crippen molar-refractivity contribution in [2.75, 3.05) is 18.6 Å². The molecule has 0 N–H and O–H groups in total. The second kappa shape index (κ2) is 6.64. The average Bonchev–Trinajstić information content (AvgIpc) is 2.92. The third-order valence-electron chi connectivity index (χ3n) is 6.52. The van der Waals surface area contributed by atoms with E-state index in [1.54, 1.807) is 0 Å². The van der Waals surface area contributed by atoms with E-state index in [-0.39, 0.29) is 5.54 Å². The normalized spacial score (nSPS) is 21.1. The van der Waals surface area contributed by atoms with Crippen LogP contribution in [0.1, 0.15) is 52.4 Å². The Morgan fingerprint density at radius 3 is 2.31 bits per heavy atom. The summed E-state index contributed by atoms with van der Waals surface area (Å²) < 4.78 is 5.97. The molecule has 1 heterocycles. The van der Waals surface area contributed by atoms with Gasteiger partial charge in [0.05, 0.1) is 12.8 Å². The number of methoxy groups -OCH3 is 1. The molecule has 0 amide bonds. The van der Waals surface area contributed by atoms with Crippen LogP contribution in [-0.2, 0) is 0 Å². The van der Waals surface area contributed by atoms with Crippen LogP contribution in [0.4, 0.5) is 5.69 Å². The maximum absolute atomic E-state index is 5.97. The minimum absolute atomic E-state index is 0.167. The first-order valence-corrected chi connectivity index (χ1v) is 10.0. The van der Waals surface area contributed by atoms with E-state index in [1.807, 2.05) is 7.11 Å². The average molecular weight is 350 g/mol. The lowest BCUT2D eigenvalue weighted by atomic mass is 9.71. The van der Waals surface area contributed by atoms with Crippen molar-refractivity contribution in [2.24, 2.45) is 5.41 Å². The first-order chi connectivity index (χ1) is 12.5. The maximum atomic E-state index is 5.97. The van der Waals surface area contributed by atoms with Crippen LogP contribution in [0.25, 0.3) is 11.1 Å². The summed E-state index contributed by atoms with van der Waals surface area (Å²) in [6, 6.07) is 17.2. The van der Waals surface area contributed by atoms with Crippen molar-refractivity contribution in [3.8, 4) is 16.9 Å². The van der Waals surface area contributed by atoms with Crippen molar-refractivity contribution < 1.29 is 4.74 Å². The zero-order valence-electron chi connectivity index (χ0n) is 16.4. The van der Waals surface area contributed by atoms with Gasteiger partial charge in [0, 0.05) is 17.6 Å². The predicted octanol–water partition coefficient (Wildman–Crippen LogP) is 6.30. The smallest absolute Gasteiger partial charge is 0.149 e. The molecule has 1 aliphatic heterocycles. The van der Waals surface area contributed by atoms with Crippen LogP contribution in [0.15, 0.2) is 48.5 Å². The number of hydrogen-bond donors (Lipinski definition) is 0. The van der Waals surface area contributed by atoms with Crippen molar-refractivity contribution >= 4 is 5.69 Å².